The first-order valence-corrected chi connectivity index (χ1v) is 13.0. The van der Waals surface area contributed by atoms with Crippen molar-refractivity contribution >= 4 is 11.8 Å². The third-order valence-corrected chi connectivity index (χ3v) is 7.22. The summed E-state index contributed by atoms with van der Waals surface area (Å²) in [6.45, 7) is 0.523. The molecule has 0 radical (unpaired) electrons. The van der Waals surface area contributed by atoms with Crippen molar-refractivity contribution in [3.8, 4) is 11.1 Å². The molecule has 184 valence electrons. The van der Waals surface area contributed by atoms with E-state index in [-0.39, 0.29) is 18.8 Å². The highest BCUT2D eigenvalue weighted by Crippen LogP contribution is 2.40. The Kier molecular flexibility index (Phi) is 8.05. The molecule has 1 aliphatic rings. The number of aromatic nitrogens is 2. The minimum absolute atomic E-state index is 0.0199. The van der Waals surface area contributed by atoms with Crippen molar-refractivity contribution in [2.45, 2.75) is 43.2 Å². The van der Waals surface area contributed by atoms with Crippen LogP contribution in [0.2, 0.25) is 0 Å². The Morgan fingerprint density at radius 1 is 0.833 bits per heavy atom. The summed E-state index contributed by atoms with van der Waals surface area (Å²) in [6, 6.07) is 26.3. The van der Waals surface area contributed by atoms with Gasteiger partial charge in [-0.05, 0) is 46.0 Å². The van der Waals surface area contributed by atoms with Gasteiger partial charge in [-0.15, -0.1) is 0 Å². The molecule has 3 N–H and O–H groups in total. The van der Waals surface area contributed by atoms with Crippen molar-refractivity contribution in [2.75, 3.05) is 5.75 Å². The monoisotopic (exact) mass is 499 g/mol. The maximum Gasteiger partial charge on any atom is 0.187 e. The van der Waals surface area contributed by atoms with Crippen LogP contribution in [0.3, 0.4) is 0 Å². The third kappa shape index (κ3) is 6.00. The van der Waals surface area contributed by atoms with E-state index in [0.717, 1.165) is 38.5 Å². The molecule has 0 saturated carbocycles. The number of nitrogens with two attached hydrogens (primary N) is 1. The van der Waals surface area contributed by atoms with E-state index in [0.29, 0.717) is 18.7 Å². The number of rotatable bonds is 8. The van der Waals surface area contributed by atoms with Gasteiger partial charge < -0.3 is 20.3 Å². The van der Waals surface area contributed by atoms with Crippen LogP contribution in [0.15, 0.2) is 96.4 Å². The van der Waals surface area contributed by atoms with E-state index in [4.69, 9.17) is 15.2 Å². The zero-order valence-electron chi connectivity index (χ0n) is 19.9. The van der Waals surface area contributed by atoms with Gasteiger partial charge in [0, 0.05) is 36.7 Å². The van der Waals surface area contributed by atoms with Gasteiger partial charge in [0.25, 0.3) is 0 Å². The number of aliphatic hydroxyl groups is 1. The van der Waals surface area contributed by atoms with E-state index < -0.39 is 6.29 Å². The smallest absolute Gasteiger partial charge is 0.187 e. The van der Waals surface area contributed by atoms with Crippen molar-refractivity contribution in [1.82, 2.24) is 9.97 Å². The highest BCUT2D eigenvalue weighted by atomic mass is 32.2. The first-order valence-electron chi connectivity index (χ1n) is 12.0. The number of benzene rings is 3. The average molecular weight is 500 g/mol. The molecule has 7 heteroatoms. The van der Waals surface area contributed by atoms with Crippen molar-refractivity contribution in [3.63, 3.8) is 0 Å². The molecule has 5 rings (SSSR count). The highest BCUT2D eigenvalue weighted by Gasteiger charge is 2.32. The van der Waals surface area contributed by atoms with Crippen LogP contribution in [0.5, 0.6) is 0 Å². The summed E-state index contributed by atoms with van der Waals surface area (Å²) in [4.78, 5) is 8.66. The van der Waals surface area contributed by atoms with Crippen LogP contribution in [0.4, 0.5) is 0 Å². The van der Waals surface area contributed by atoms with E-state index in [2.05, 4.69) is 34.2 Å². The number of nitrogens with zero attached hydrogens (tertiary/aromatic N) is 2. The molecular formula is C29H29N3O3S. The van der Waals surface area contributed by atoms with Crippen LogP contribution >= 0.6 is 11.8 Å². The fourth-order valence-corrected chi connectivity index (χ4v) is 5.11. The second-order valence-electron chi connectivity index (χ2n) is 8.72. The molecule has 3 aromatic carbocycles. The van der Waals surface area contributed by atoms with E-state index in [1.165, 1.54) is 0 Å². The lowest BCUT2D eigenvalue weighted by Gasteiger charge is -2.36. The van der Waals surface area contributed by atoms with Crippen molar-refractivity contribution < 1.29 is 14.6 Å². The molecule has 6 nitrogen and oxygen atoms in total. The Hall–Kier alpha value is -3.07. The molecule has 36 heavy (non-hydrogen) atoms. The Bertz CT molecular complexity index is 1270. The lowest BCUT2D eigenvalue weighted by Crippen LogP contribution is -2.31. The zero-order valence-corrected chi connectivity index (χ0v) is 20.7. The van der Waals surface area contributed by atoms with Crippen LogP contribution in [0, 0.1) is 0 Å². The summed E-state index contributed by atoms with van der Waals surface area (Å²) in [5, 5.41) is 10.2. The number of thioether (sulfide) groups is 1. The normalized spacial score (nSPS) is 19.8. The van der Waals surface area contributed by atoms with E-state index >= 15 is 0 Å². The summed E-state index contributed by atoms with van der Waals surface area (Å²) in [5.41, 5.74) is 12.1. The number of aliphatic hydroxyl groups excluding tert-OH is 1. The van der Waals surface area contributed by atoms with Gasteiger partial charge in [0.15, 0.2) is 11.4 Å². The molecule has 0 spiro atoms. The van der Waals surface area contributed by atoms with Crippen molar-refractivity contribution in [2.24, 2.45) is 5.73 Å². The molecule has 0 unspecified atom stereocenters. The van der Waals surface area contributed by atoms with Gasteiger partial charge in [-0.2, -0.15) is 0 Å². The summed E-state index contributed by atoms with van der Waals surface area (Å²) >= 11 is 1.58. The number of ether oxygens (including phenoxy) is 2. The summed E-state index contributed by atoms with van der Waals surface area (Å²) < 4.78 is 13.0. The number of hydrogen-bond donors (Lipinski definition) is 2. The second kappa shape index (κ2) is 11.8. The van der Waals surface area contributed by atoms with Gasteiger partial charge in [0.1, 0.15) is 0 Å². The molecule has 0 aliphatic carbocycles. The van der Waals surface area contributed by atoms with Crippen LogP contribution in [-0.4, -0.2) is 26.9 Å². The van der Waals surface area contributed by atoms with E-state index in [1.54, 1.807) is 24.2 Å². The summed E-state index contributed by atoms with van der Waals surface area (Å²) in [6.07, 6.45) is 3.51. The first kappa shape index (κ1) is 24.6. The summed E-state index contributed by atoms with van der Waals surface area (Å²) in [5.74, 6) is 0.716. The molecule has 3 atom stereocenters. The largest absolute Gasteiger partial charge is 0.392 e. The molecule has 0 bridgehead atoms. The molecule has 1 aromatic heterocycles. The molecule has 1 aliphatic heterocycles. The Balaban J connectivity index is 1.40. The Morgan fingerprint density at radius 3 is 2.33 bits per heavy atom. The quantitative estimate of drug-likeness (QED) is 0.247. The maximum absolute atomic E-state index is 9.43. The van der Waals surface area contributed by atoms with Crippen LogP contribution < -0.4 is 5.73 Å². The fraction of sp³-hybridized carbons (Fsp3) is 0.241. The van der Waals surface area contributed by atoms with E-state index in [9.17, 15) is 5.11 Å². The van der Waals surface area contributed by atoms with Crippen LogP contribution in [0.1, 0.15) is 41.1 Å². The second-order valence-corrected chi connectivity index (χ2v) is 9.71. The van der Waals surface area contributed by atoms with Crippen LogP contribution in [0.25, 0.3) is 11.1 Å². The fourth-order valence-electron chi connectivity index (χ4n) is 4.29. The van der Waals surface area contributed by atoms with Crippen molar-refractivity contribution in [3.05, 3.63) is 114 Å². The minimum atomic E-state index is -0.513. The topological polar surface area (TPSA) is 90.5 Å². The van der Waals surface area contributed by atoms with Gasteiger partial charge in [-0.1, -0.05) is 72.4 Å². The predicted molar refractivity (Wildman–Crippen MR) is 141 cm³/mol. The maximum atomic E-state index is 9.43. The lowest BCUT2D eigenvalue weighted by atomic mass is 9.99. The minimum Gasteiger partial charge on any atom is -0.392 e. The predicted octanol–water partition coefficient (Wildman–Crippen LogP) is 5.43. The zero-order chi connectivity index (χ0) is 24.7. The van der Waals surface area contributed by atoms with Gasteiger partial charge in [-0.3, -0.25) is 0 Å². The molecule has 1 saturated heterocycles. The van der Waals surface area contributed by atoms with Gasteiger partial charge >= 0.3 is 0 Å². The summed E-state index contributed by atoms with van der Waals surface area (Å²) in [7, 11) is 0. The molecule has 1 fully saturated rings. The first-order chi connectivity index (χ1) is 17.7. The standard InChI is InChI=1S/C29H29N3O3S/c30-17-21-4-1-5-23(14-21)24-6-2-7-25(15-24)28-34-26(19-36-29-31-12-3-13-32-29)16-27(35-28)22-10-8-20(18-33)9-11-22/h1-15,26-28,33H,16-19,30H2/t26-,27+,28+/m1/s1. The van der Waals surface area contributed by atoms with Gasteiger partial charge in [0.05, 0.1) is 18.8 Å². The lowest BCUT2D eigenvalue weighted by molar-refractivity contribution is -0.245. The molecule has 2 heterocycles. The van der Waals surface area contributed by atoms with E-state index in [1.807, 2.05) is 54.6 Å². The Labute approximate surface area is 215 Å². The van der Waals surface area contributed by atoms with Crippen molar-refractivity contribution in [1.29, 1.82) is 0 Å². The number of hydrogen-bond acceptors (Lipinski definition) is 7. The molecule has 0 amide bonds. The Morgan fingerprint density at radius 2 is 1.58 bits per heavy atom. The van der Waals surface area contributed by atoms with Gasteiger partial charge in [-0.25, -0.2) is 9.97 Å². The molecule has 4 aromatic rings. The van der Waals surface area contributed by atoms with Crippen LogP contribution in [-0.2, 0) is 22.6 Å². The average Bonchev–Trinajstić information content (AvgIpc) is 2.96. The third-order valence-electron chi connectivity index (χ3n) is 6.21. The SMILES string of the molecule is NCc1cccc(-c2cccc([C@H]3O[C@@H](CSc4ncccn4)C[C@@H](c4ccc(CO)cc4)O3)c2)c1. The molecular weight excluding hydrogens is 470 g/mol. The highest BCUT2D eigenvalue weighted by molar-refractivity contribution is 7.99. The van der Waals surface area contributed by atoms with Gasteiger partial charge in [0.2, 0.25) is 0 Å².